The summed E-state index contributed by atoms with van der Waals surface area (Å²) in [6, 6.07) is 7.26. The monoisotopic (exact) mass is 234 g/mol. The molecular formula is C15H22O2. The number of aryl methyl sites for hydroxylation is 1. The summed E-state index contributed by atoms with van der Waals surface area (Å²) < 4.78 is 0. The first-order valence-corrected chi connectivity index (χ1v) is 6.42. The molecule has 0 atom stereocenters. The summed E-state index contributed by atoms with van der Waals surface area (Å²) in [7, 11) is 0. The number of hydrogen-bond donors (Lipinski definition) is 1. The van der Waals surface area contributed by atoms with E-state index >= 15 is 0 Å². The average molecular weight is 234 g/mol. The smallest absolute Gasteiger partial charge is 0.335 e. The number of rotatable bonds is 7. The summed E-state index contributed by atoms with van der Waals surface area (Å²) in [5, 5.41) is 8.88. The fourth-order valence-electron chi connectivity index (χ4n) is 1.92. The molecule has 0 fully saturated rings. The Kier molecular flexibility index (Phi) is 5.75. The highest BCUT2D eigenvalue weighted by molar-refractivity contribution is 5.87. The Bertz CT molecular complexity index is 356. The van der Waals surface area contributed by atoms with Crippen molar-refractivity contribution in [3.05, 3.63) is 35.4 Å². The van der Waals surface area contributed by atoms with Crippen LogP contribution in [0.2, 0.25) is 0 Å². The van der Waals surface area contributed by atoms with Gasteiger partial charge < -0.3 is 5.11 Å². The lowest BCUT2D eigenvalue weighted by Crippen LogP contribution is -1.97. The zero-order valence-electron chi connectivity index (χ0n) is 10.8. The number of unbranched alkanes of at least 4 members (excludes halogenated alkanes) is 2. The first-order valence-electron chi connectivity index (χ1n) is 6.42. The fraction of sp³-hybridized carbons (Fsp3) is 0.533. The number of benzene rings is 1. The molecule has 0 aliphatic rings. The summed E-state index contributed by atoms with van der Waals surface area (Å²) in [6.45, 7) is 4.49. The Morgan fingerprint density at radius 1 is 1.24 bits per heavy atom. The quantitative estimate of drug-likeness (QED) is 0.720. The van der Waals surface area contributed by atoms with E-state index < -0.39 is 5.97 Å². The molecule has 0 radical (unpaired) electrons. The van der Waals surface area contributed by atoms with Gasteiger partial charge in [0.1, 0.15) is 0 Å². The van der Waals surface area contributed by atoms with Crippen LogP contribution in [-0.2, 0) is 6.42 Å². The molecule has 1 rings (SSSR count). The SMILES string of the molecule is CC(C)CCCCCc1cccc(C(=O)O)c1. The van der Waals surface area contributed by atoms with Crippen molar-refractivity contribution in [3.8, 4) is 0 Å². The molecule has 0 saturated heterocycles. The van der Waals surface area contributed by atoms with Gasteiger partial charge in [-0.25, -0.2) is 4.79 Å². The molecule has 0 bridgehead atoms. The summed E-state index contributed by atoms with van der Waals surface area (Å²) in [6.07, 6.45) is 5.93. The minimum Gasteiger partial charge on any atom is -0.478 e. The van der Waals surface area contributed by atoms with E-state index in [9.17, 15) is 4.79 Å². The van der Waals surface area contributed by atoms with E-state index in [0.29, 0.717) is 5.56 Å². The van der Waals surface area contributed by atoms with E-state index in [-0.39, 0.29) is 0 Å². The topological polar surface area (TPSA) is 37.3 Å². The van der Waals surface area contributed by atoms with Crippen LogP contribution in [0.25, 0.3) is 0 Å². The Balaban J connectivity index is 2.31. The van der Waals surface area contributed by atoms with Gasteiger partial charge >= 0.3 is 5.97 Å². The highest BCUT2D eigenvalue weighted by Gasteiger charge is 2.03. The van der Waals surface area contributed by atoms with Crippen LogP contribution < -0.4 is 0 Å². The second kappa shape index (κ2) is 7.10. The van der Waals surface area contributed by atoms with Crippen molar-refractivity contribution >= 4 is 5.97 Å². The molecule has 2 nitrogen and oxygen atoms in total. The minimum absolute atomic E-state index is 0.393. The lowest BCUT2D eigenvalue weighted by atomic mass is 10.0. The fourth-order valence-corrected chi connectivity index (χ4v) is 1.92. The summed E-state index contributed by atoms with van der Waals surface area (Å²) in [4.78, 5) is 10.8. The molecule has 0 aliphatic heterocycles. The van der Waals surface area contributed by atoms with Crippen LogP contribution in [0.5, 0.6) is 0 Å². The minimum atomic E-state index is -0.841. The zero-order chi connectivity index (χ0) is 12.7. The van der Waals surface area contributed by atoms with Crippen molar-refractivity contribution in [2.24, 2.45) is 5.92 Å². The van der Waals surface area contributed by atoms with Crippen LogP contribution >= 0.6 is 0 Å². The third kappa shape index (κ3) is 5.53. The van der Waals surface area contributed by atoms with Crippen LogP contribution in [0.3, 0.4) is 0 Å². The summed E-state index contributed by atoms with van der Waals surface area (Å²) in [5.41, 5.74) is 1.53. The number of carboxylic acids is 1. The lowest BCUT2D eigenvalue weighted by Gasteiger charge is -2.05. The first kappa shape index (κ1) is 13.8. The number of carbonyl (C=O) groups is 1. The second-order valence-electron chi connectivity index (χ2n) is 5.00. The largest absolute Gasteiger partial charge is 0.478 e. The van der Waals surface area contributed by atoms with Crippen LogP contribution in [0.1, 0.15) is 55.5 Å². The highest BCUT2D eigenvalue weighted by atomic mass is 16.4. The molecule has 1 N–H and O–H groups in total. The first-order chi connectivity index (χ1) is 8.09. The second-order valence-corrected chi connectivity index (χ2v) is 5.00. The van der Waals surface area contributed by atoms with Crippen molar-refractivity contribution in [2.45, 2.75) is 46.0 Å². The molecular weight excluding hydrogens is 212 g/mol. The van der Waals surface area contributed by atoms with Crippen LogP contribution in [0.15, 0.2) is 24.3 Å². The molecule has 0 aliphatic carbocycles. The Labute approximate surface area is 104 Å². The lowest BCUT2D eigenvalue weighted by molar-refractivity contribution is 0.0697. The standard InChI is InChI=1S/C15H22O2/c1-12(2)7-4-3-5-8-13-9-6-10-14(11-13)15(16)17/h6,9-12H,3-5,7-8H2,1-2H3,(H,16,17). The Hall–Kier alpha value is -1.31. The van der Waals surface area contributed by atoms with Crippen molar-refractivity contribution < 1.29 is 9.90 Å². The highest BCUT2D eigenvalue weighted by Crippen LogP contribution is 2.12. The molecule has 94 valence electrons. The van der Waals surface area contributed by atoms with Gasteiger partial charge in [0.15, 0.2) is 0 Å². The third-order valence-electron chi connectivity index (χ3n) is 2.92. The van der Waals surface area contributed by atoms with Crippen LogP contribution in [0.4, 0.5) is 0 Å². The van der Waals surface area contributed by atoms with Gasteiger partial charge in [0.25, 0.3) is 0 Å². The predicted octanol–water partition coefficient (Wildman–Crippen LogP) is 4.14. The molecule has 0 heterocycles. The molecule has 0 aromatic heterocycles. The van der Waals surface area contributed by atoms with E-state index in [0.717, 1.165) is 24.3 Å². The maximum absolute atomic E-state index is 10.8. The normalized spacial score (nSPS) is 10.8. The van der Waals surface area contributed by atoms with Crippen molar-refractivity contribution in [3.63, 3.8) is 0 Å². The van der Waals surface area contributed by atoms with Crippen molar-refractivity contribution in [2.75, 3.05) is 0 Å². The molecule has 1 aromatic carbocycles. The van der Waals surface area contributed by atoms with Gasteiger partial charge in [-0.2, -0.15) is 0 Å². The molecule has 17 heavy (non-hydrogen) atoms. The van der Waals surface area contributed by atoms with Crippen molar-refractivity contribution in [1.29, 1.82) is 0 Å². The maximum atomic E-state index is 10.8. The molecule has 1 aromatic rings. The van der Waals surface area contributed by atoms with Gasteiger partial charge in [-0.3, -0.25) is 0 Å². The van der Waals surface area contributed by atoms with Gasteiger partial charge in [0.05, 0.1) is 5.56 Å². The molecule has 0 unspecified atom stereocenters. The third-order valence-corrected chi connectivity index (χ3v) is 2.92. The Morgan fingerprint density at radius 3 is 2.65 bits per heavy atom. The van der Waals surface area contributed by atoms with Gasteiger partial charge in [0, 0.05) is 0 Å². The van der Waals surface area contributed by atoms with E-state index in [1.807, 2.05) is 12.1 Å². The van der Waals surface area contributed by atoms with E-state index in [1.165, 1.54) is 19.3 Å². The number of aromatic carboxylic acids is 1. The molecule has 0 spiro atoms. The van der Waals surface area contributed by atoms with E-state index in [2.05, 4.69) is 13.8 Å². The predicted molar refractivity (Wildman–Crippen MR) is 70.4 cm³/mol. The van der Waals surface area contributed by atoms with Gasteiger partial charge in [0.2, 0.25) is 0 Å². The zero-order valence-corrected chi connectivity index (χ0v) is 10.8. The number of carboxylic acid groups (broad SMARTS) is 1. The molecule has 0 amide bonds. The number of hydrogen-bond acceptors (Lipinski definition) is 1. The van der Waals surface area contributed by atoms with Gasteiger partial charge in [-0.1, -0.05) is 45.2 Å². The van der Waals surface area contributed by atoms with E-state index in [4.69, 9.17) is 5.11 Å². The van der Waals surface area contributed by atoms with Crippen LogP contribution in [-0.4, -0.2) is 11.1 Å². The average Bonchev–Trinajstić information content (AvgIpc) is 2.28. The maximum Gasteiger partial charge on any atom is 0.335 e. The van der Waals surface area contributed by atoms with Crippen LogP contribution in [0, 0.1) is 5.92 Å². The summed E-state index contributed by atoms with van der Waals surface area (Å²) in [5.74, 6) is -0.0583. The summed E-state index contributed by atoms with van der Waals surface area (Å²) >= 11 is 0. The van der Waals surface area contributed by atoms with Gasteiger partial charge in [-0.05, 0) is 36.5 Å². The van der Waals surface area contributed by atoms with Gasteiger partial charge in [-0.15, -0.1) is 0 Å². The molecule has 2 heteroatoms. The van der Waals surface area contributed by atoms with Crippen molar-refractivity contribution in [1.82, 2.24) is 0 Å². The Morgan fingerprint density at radius 2 is 2.00 bits per heavy atom. The van der Waals surface area contributed by atoms with E-state index in [1.54, 1.807) is 12.1 Å². The molecule has 0 saturated carbocycles.